The van der Waals surface area contributed by atoms with Crippen molar-refractivity contribution in [1.82, 2.24) is 0 Å². The number of carbonyl (C=O) groups excluding carboxylic acids is 1. The van der Waals surface area contributed by atoms with E-state index in [1.807, 2.05) is 18.2 Å². The highest BCUT2D eigenvalue weighted by Crippen LogP contribution is 2.21. The molecule has 0 atom stereocenters. The van der Waals surface area contributed by atoms with Crippen LogP contribution in [0.25, 0.3) is 0 Å². The van der Waals surface area contributed by atoms with Gasteiger partial charge in [0.15, 0.2) is 0 Å². The van der Waals surface area contributed by atoms with Crippen molar-refractivity contribution in [1.29, 1.82) is 5.26 Å². The third-order valence-corrected chi connectivity index (χ3v) is 2.56. The Kier molecular flexibility index (Phi) is 5.19. The Morgan fingerprint density at radius 3 is 2.78 bits per heavy atom. The molecule has 0 aliphatic heterocycles. The normalized spacial score (nSPS) is 9.94. The Morgan fingerprint density at radius 2 is 2.22 bits per heavy atom. The number of carbonyl (C=O) groups is 1. The molecule has 0 radical (unpaired) electrons. The second-order valence-corrected chi connectivity index (χ2v) is 4.23. The summed E-state index contributed by atoms with van der Waals surface area (Å²) >= 11 is 0. The maximum absolute atomic E-state index is 11.2. The second-order valence-electron chi connectivity index (χ2n) is 4.23. The first-order valence-corrected chi connectivity index (χ1v) is 6.02. The van der Waals surface area contributed by atoms with E-state index in [2.05, 4.69) is 25.2 Å². The highest BCUT2D eigenvalue weighted by atomic mass is 16.5. The molecule has 0 heterocycles. The zero-order valence-electron chi connectivity index (χ0n) is 11.0. The van der Waals surface area contributed by atoms with Crippen LogP contribution in [0.3, 0.4) is 0 Å². The highest BCUT2D eigenvalue weighted by Gasteiger charge is 2.07. The topological polar surface area (TPSA) is 62.1 Å². The Balaban J connectivity index is 2.78. The van der Waals surface area contributed by atoms with Crippen LogP contribution in [-0.2, 0) is 9.53 Å². The Bertz CT molecular complexity index is 461. The molecule has 0 saturated heterocycles. The predicted octanol–water partition coefficient (Wildman–Crippen LogP) is 2.66. The Labute approximate surface area is 108 Å². The molecule has 0 aliphatic rings. The maximum Gasteiger partial charge on any atom is 0.325 e. The summed E-state index contributed by atoms with van der Waals surface area (Å²) in [5, 5.41) is 12.0. The fraction of sp³-hybridized carbons (Fsp3) is 0.429. The summed E-state index contributed by atoms with van der Waals surface area (Å²) in [4.78, 5) is 11.2. The molecule has 1 N–H and O–H groups in total. The van der Waals surface area contributed by atoms with E-state index in [0.717, 1.165) is 5.56 Å². The third kappa shape index (κ3) is 3.77. The lowest BCUT2D eigenvalue weighted by molar-refractivity contribution is -0.140. The van der Waals surface area contributed by atoms with Crippen molar-refractivity contribution in [3.05, 3.63) is 29.3 Å². The van der Waals surface area contributed by atoms with Crippen LogP contribution in [-0.4, -0.2) is 19.1 Å². The lowest BCUT2D eigenvalue weighted by Crippen LogP contribution is -2.17. The smallest absolute Gasteiger partial charge is 0.325 e. The average Bonchev–Trinajstić information content (AvgIpc) is 2.36. The zero-order valence-corrected chi connectivity index (χ0v) is 11.0. The summed E-state index contributed by atoms with van der Waals surface area (Å²) in [6, 6.07) is 7.76. The van der Waals surface area contributed by atoms with Crippen molar-refractivity contribution in [2.24, 2.45) is 0 Å². The lowest BCUT2D eigenvalue weighted by atomic mass is 10.00. The van der Waals surface area contributed by atoms with Gasteiger partial charge in [0.2, 0.25) is 0 Å². The molecule has 0 amide bonds. The SMILES string of the molecule is CCOC(=O)CNc1ccc(C(C)C)cc1C#N. The molecular weight excluding hydrogens is 228 g/mol. The number of anilines is 1. The first-order valence-electron chi connectivity index (χ1n) is 6.02. The summed E-state index contributed by atoms with van der Waals surface area (Å²) in [7, 11) is 0. The summed E-state index contributed by atoms with van der Waals surface area (Å²) in [5.41, 5.74) is 2.31. The number of benzene rings is 1. The largest absolute Gasteiger partial charge is 0.465 e. The molecule has 1 aromatic rings. The van der Waals surface area contributed by atoms with E-state index in [1.54, 1.807) is 6.92 Å². The number of esters is 1. The van der Waals surface area contributed by atoms with Crippen LogP contribution in [0.1, 0.15) is 37.8 Å². The van der Waals surface area contributed by atoms with Crippen LogP contribution >= 0.6 is 0 Å². The van der Waals surface area contributed by atoms with Gasteiger partial charge in [-0.25, -0.2) is 0 Å². The number of nitriles is 1. The minimum Gasteiger partial charge on any atom is -0.465 e. The van der Waals surface area contributed by atoms with Gasteiger partial charge >= 0.3 is 5.97 Å². The predicted molar refractivity (Wildman–Crippen MR) is 70.4 cm³/mol. The molecule has 96 valence electrons. The molecule has 4 nitrogen and oxygen atoms in total. The maximum atomic E-state index is 11.2. The standard InChI is InChI=1S/C14H18N2O2/c1-4-18-14(17)9-16-13-6-5-11(10(2)3)7-12(13)8-15/h5-7,10,16H,4,9H2,1-3H3. The van der Waals surface area contributed by atoms with Gasteiger partial charge < -0.3 is 10.1 Å². The number of hydrogen-bond acceptors (Lipinski definition) is 4. The van der Waals surface area contributed by atoms with Gasteiger partial charge in [0.1, 0.15) is 12.6 Å². The highest BCUT2D eigenvalue weighted by molar-refractivity contribution is 5.76. The van der Waals surface area contributed by atoms with Crippen LogP contribution in [0.15, 0.2) is 18.2 Å². The fourth-order valence-electron chi connectivity index (χ4n) is 1.55. The van der Waals surface area contributed by atoms with E-state index >= 15 is 0 Å². The van der Waals surface area contributed by atoms with Gasteiger partial charge in [0.25, 0.3) is 0 Å². The zero-order chi connectivity index (χ0) is 13.5. The number of nitrogens with zero attached hydrogens (tertiary/aromatic N) is 1. The van der Waals surface area contributed by atoms with Crippen LogP contribution < -0.4 is 5.32 Å². The van der Waals surface area contributed by atoms with Gasteiger partial charge in [-0.15, -0.1) is 0 Å². The molecule has 0 bridgehead atoms. The Hall–Kier alpha value is -2.02. The summed E-state index contributed by atoms with van der Waals surface area (Å²) in [6.07, 6.45) is 0. The van der Waals surface area contributed by atoms with E-state index in [1.165, 1.54) is 0 Å². The van der Waals surface area contributed by atoms with Crippen molar-refractivity contribution < 1.29 is 9.53 Å². The third-order valence-electron chi connectivity index (χ3n) is 2.56. The van der Waals surface area contributed by atoms with Gasteiger partial charge in [0, 0.05) is 0 Å². The van der Waals surface area contributed by atoms with E-state index < -0.39 is 0 Å². The summed E-state index contributed by atoms with van der Waals surface area (Å²) < 4.78 is 4.81. The van der Waals surface area contributed by atoms with Crippen molar-refractivity contribution in [2.75, 3.05) is 18.5 Å². The molecule has 1 aromatic carbocycles. The van der Waals surface area contributed by atoms with Gasteiger partial charge in [-0.05, 0) is 30.5 Å². The monoisotopic (exact) mass is 246 g/mol. The second kappa shape index (κ2) is 6.65. The molecule has 4 heteroatoms. The van der Waals surface area contributed by atoms with Crippen molar-refractivity contribution in [2.45, 2.75) is 26.7 Å². The quantitative estimate of drug-likeness (QED) is 0.811. The molecule has 0 unspecified atom stereocenters. The number of nitrogens with one attached hydrogen (secondary N) is 1. The lowest BCUT2D eigenvalue weighted by Gasteiger charge is -2.11. The fourth-order valence-corrected chi connectivity index (χ4v) is 1.55. The van der Waals surface area contributed by atoms with E-state index in [4.69, 9.17) is 10.00 Å². The first kappa shape index (κ1) is 14.0. The molecule has 18 heavy (non-hydrogen) atoms. The Morgan fingerprint density at radius 1 is 1.50 bits per heavy atom. The van der Waals surface area contributed by atoms with E-state index in [0.29, 0.717) is 23.8 Å². The first-order chi connectivity index (χ1) is 8.58. The van der Waals surface area contributed by atoms with Crippen LogP contribution in [0.5, 0.6) is 0 Å². The molecule has 0 aromatic heterocycles. The van der Waals surface area contributed by atoms with Crippen molar-refractivity contribution in [3.63, 3.8) is 0 Å². The van der Waals surface area contributed by atoms with Crippen LogP contribution in [0.2, 0.25) is 0 Å². The van der Waals surface area contributed by atoms with Gasteiger partial charge in [0.05, 0.1) is 17.9 Å². The van der Waals surface area contributed by atoms with Gasteiger partial charge in [-0.1, -0.05) is 19.9 Å². The van der Waals surface area contributed by atoms with Gasteiger partial charge in [-0.2, -0.15) is 5.26 Å². The van der Waals surface area contributed by atoms with E-state index in [9.17, 15) is 4.79 Å². The summed E-state index contributed by atoms with van der Waals surface area (Å²) in [5.74, 6) is 0.0468. The van der Waals surface area contributed by atoms with E-state index in [-0.39, 0.29) is 12.5 Å². The van der Waals surface area contributed by atoms with Crippen molar-refractivity contribution >= 4 is 11.7 Å². The minimum absolute atomic E-state index is 0.0730. The molecule has 0 aliphatic carbocycles. The van der Waals surface area contributed by atoms with Crippen LogP contribution in [0, 0.1) is 11.3 Å². The number of hydrogen-bond donors (Lipinski definition) is 1. The molecule has 0 saturated carbocycles. The molecule has 0 spiro atoms. The number of rotatable bonds is 5. The molecular formula is C14H18N2O2. The molecule has 0 fully saturated rings. The summed E-state index contributed by atoms with van der Waals surface area (Å²) in [6.45, 7) is 6.34. The minimum atomic E-state index is -0.325. The molecule has 1 rings (SSSR count). The van der Waals surface area contributed by atoms with Gasteiger partial charge in [-0.3, -0.25) is 4.79 Å². The number of ether oxygens (including phenoxy) is 1. The van der Waals surface area contributed by atoms with Crippen molar-refractivity contribution in [3.8, 4) is 6.07 Å². The average molecular weight is 246 g/mol. The van der Waals surface area contributed by atoms with Crippen LogP contribution in [0.4, 0.5) is 5.69 Å².